The van der Waals surface area contributed by atoms with Crippen LogP contribution in [0.5, 0.6) is 0 Å². The molecule has 0 aliphatic heterocycles. The normalized spacial score (nSPS) is 11.3. The lowest BCUT2D eigenvalue weighted by Crippen LogP contribution is -2.17. The van der Waals surface area contributed by atoms with Gasteiger partial charge in [-0.15, -0.1) is 0 Å². The maximum Gasteiger partial charge on any atom is 0.389 e. The summed E-state index contributed by atoms with van der Waals surface area (Å²) in [7, 11) is 0. The molecule has 0 heterocycles. The molecule has 0 atom stereocenters. The molecule has 1 N–H and O–H groups in total. The predicted octanol–water partition coefficient (Wildman–Crippen LogP) is 3.00. The van der Waals surface area contributed by atoms with Crippen molar-refractivity contribution in [2.24, 2.45) is 0 Å². The van der Waals surface area contributed by atoms with E-state index in [0.29, 0.717) is 19.4 Å². The van der Waals surface area contributed by atoms with Gasteiger partial charge in [0.25, 0.3) is 0 Å². The minimum Gasteiger partial charge on any atom is -0.317 e. The van der Waals surface area contributed by atoms with Crippen LogP contribution in [0.4, 0.5) is 13.2 Å². The number of rotatable bonds is 8. The fraction of sp³-hybridized carbons (Fsp3) is 0.900. The van der Waals surface area contributed by atoms with E-state index < -0.39 is 12.6 Å². The van der Waals surface area contributed by atoms with Gasteiger partial charge in [-0.2, -0.15) is 18.4 Å². The third-order valence-corrected chi connectivity index (χ3v) is 1.96. The zero-order valence-corrected chi connectivity index (χ0v) is 8.74. The van der Waals surface area contributed by atoms with Crippen LogP contribution in [0, 0.1) is 11.3 Å². The van der Waals surface area contributed by atoms with Gasteiger partial charge < -0.3 is 5.32 Å². The van der Waals surface area contributed by atoms with Crippen molar-refractivity contribution < 1.29 is 13.2 Å². The Morgan fingerprint density at radius 2 is 1.60 bits per heavy atom. The lowest BCUT2D eigenvalue weighted by atomic mass is 10.2. The van der Waals surface area contributed by atoms with Crippen LogP contribution in [-0.2, 0) is 0 Å². The van der Waals surface area contributed by atoms with E-state index in [4.69, 9.17) is 5.26 Å². The first-order valence-electron chi connectivity index (χ1n) is 5.20. The molecule has 88 valence electrons. The van der Waals surface area contributed by atoms with Crippen LogP contribution in [0.15, 0.2) is 0 Å². The van der Waals surface area contributed by atoms with Crippen LogP contribution in [-0.4, -0.2) is 19.3 Å². The van der Waals surface area contributed by atoms with Crippen LogP contribution >= 0.6 is 0 Å². The van der Waals surface area contributed by atoms with E-state index in [1.165, 1.54) is 0 Å². The van der Waals surface area contributed by atoms with Gasteiger partial charge in [0.05, 0.1) is 6.07 Å². The fourth-order valence-corrected chi connectivity index (χ4v) is 1.15. The Morgan fingerprint density at radius 1 is 1.00 bits per heavy atom. The van der Waals surface area contributed by atoms with E-state index in [1.807, 2.05) is 6.07 Å². The SMILES string of the molecule is N#CCCCCNCCCCC(F)(F)F. The van der Waals surface area contributed by atoms with E-state index >= 15 is 0 Å². The second-order valence-corrected chi connectivity index (χ2v) is 3.44. The number of alkyl halides is 3. The first kappa shape index (κ1) is 14.2. The Bertz CT molecular complexity index is 184. The lowest BCUT2D eigenvalue weighted by molar-refractivity contribution is -0.135. The molecule has 0 spiro atoms. The Balaban J connectivity index is 3.03. The molecule has 15 heavy (non-hydrogen) atoms. The van der Waals surface area contributed by atoms with Crippen molar-refractivity contribution in [3.63, 3.8) is 0 Å². The number of hydrogen-bond donors (Lipinski definition) is 1. The molecule has 0 aromatic carbocycles. The molecule has 0 rings (SSSR count). The molecule has 0 saturated carbocycles. The van der Waals surface area contributed by atoms with Gasteiger partial charge in [0.15, 0.2) is 0 Å². The van der Waals surface area contributed by atoms with Gasteiger partial charge in [0, 0.05) is 12.8 Å². The second kappa shape index (κ2) is 8.54. The topological polar surface area (TPSA) is 35.8 Å². The molecule has 5 heteroatoms. The summed E-state index contributed by atoms with van der Waals surface area (Å²) < 4.78 is 35.2. The van der Waals surface area contributed by atoms with Gasteiger partial charge in [0.1, 0.15) is 0 Å². The number of nitriles is 1. The van der Waals surface area contributed by atoms with Crippen molar-refractivity contribution in [1.82, 2.24) is 5.32 Å². The summed E-state index contributed by atoms with van der Waals surface area (Å²) in [6.07, 6.45) is -1.66. The predicted molar refractivity (Wildman–Crippen MR) is 52.2 cm³/mol. The van der Waals surface area contributed by atoms with Gasteiger partial charge in [0.2, 0.25) is 0 Å². The number of nitrogens with one attached hydrogen (secondary N) is 1. The molecule has 0 fully saturated rings. The fourth-order valence-electron chi connectivity index (χ4n) is 1.15. The first-order valence-corrected chi connectivity index (χ1v) is 5.20. The Kier molecular flexibility index (Phi) is 8.11. The minimum absolute atomic E-state index is 0.189. The van der Waals surface area contributed by atoms with Crippen LogP contribution in [0.25, 0.3) is 0 Å². The largest absolute Gasteiger partial charge is 0.389 e. The number of hydrogen-bond acceptors (Lipinski definition) is 2. The Hall–Kier alpha value is -0.760. The smallest absolute Gasteiger partial charge is 0.317 e. The summed E-state index contributed by atoms with van der Waals surface area (Å²) >= 11 is 0. The van der Waals surface area contributed by atoms with Crippen molar-refractivity contribution in [3.8, 4) is 6.07 Å². The molecule has 0 aromatic heterocycles. The zero-order chi connectivity index (χ0) is 11.6. The maximum atomic E-state index is 11.7. The van der Waals surface area contributed by atoms with Crippen LogP contribution in [0.1, 0.15) is 38.5 Å². The highest BCUT2D eigenvalue weighted by atomic mass is 19.4. The molecule has 0 aliphatic rings. The summed E-state index contributed by atoms with van der Waals surface area (Å²) in [6, 6.07) is 2.04. The van der Waals surface area contributed by atoms with Crippen molar-refractivity contribution in [1.29, 1.82) is 5.26 Å². The van der Waals surface area contributed by atoms with E-state index in [1.54, 1.807) is 0 Å². The summed E-state index contributed by atoms with van der Waals surface area (Å²) in [6.45, 7) is 1.41. The summed E-state index contributed by atoms with van der Waals surface area (Å²) in [4.78, 5) is 0. The van der Waals surface area contributed by atoms with E-state index in [2.05, 4.69) is 5.32 Å². The van der Waals surface area contributed by atoms with Crippen LogP contribution < -0.4 is 5.32 Å². The van der Waals surface area contributed by atoms with Gasteiger partial charge in [-0.3, -0.25) is 0 Å². The highest BCUT2D eigenvalue weighted by Crippen LogP contribution is 2.21. The van der Waals surface area contributed by atoms with E-state index in [-0.39, 0.29) is 6.42 Å². The second-order valence-electron chi connectivity index (χ2n) is 3.44. The van der Waals surface area contributed by atoms with Gasteiger partial charge in [-0.1, -0.05) is 0 Å². The third kappa shape index (κ3) is 13.2. The number of nitrogens with zero attached hydrogens (tertiary/aromatic N) is 1. The standard InChI is InChI=1S/C10H17F3N2/c11-10(12,13)6-2-5-9-15-8-4-1-3-7-14/h15H,1-6,8-9H2. The molecule has 0 amide bonds. The van der Waals surface area contributed by atoms with Gasteiger partial charge in [-0.05, 0) is 38.8 Å². The van der Waals surface area contributed by atoms with Gasteiger partial charge >= 0.3 is 6.18 Å². The van der Waals surface area contributed by atoms with Crippen molar-refractivity contribution in [2.45, 2.75) is 44.7 Å². The maximum absolute atomic E-state index is 11.7. The summed E-state index contributed by atoms with van der Waals surface area (Å²) in [5.74, 6) is 0. The Labute approximate surface area is 88.5 Å². The minimum atomic E-state index is -4.02. The summed E-state index contributed by atoms with van der Waals surface area (Å²) in [5, 5.41) is 11.3. The van der Waals surface area contributed by atoms with E-state index in [9.17, 15) is 13.2 Å². The van der Waals surface area contributed by atoms with Crippen LogP contribution in [0.3, 0.4) is 0 Å². The van der Waals surface area contributed by atoms with E-state index in [0.717, 1.165) is 19.4 Å². The Morgan fingerprint density at radius 3 is 2.13 bits per heavy atom. The average molecular weight is 222 g/mol. The quantitative estimate of drug-likeness (QED) is 0.641. The zero-order valence-electron chi connectivity index (χ0n) is 8.74. The molecule has 0 saturated heterocycles. The lowest BCUT2D eigenvalue weighted by Gasteiger charge is -2.06. The molecular weight excluding hydrogens is 205 g/mol. The summed E-state index contributed by atoms with van der Waals surface area (Å²) in [5.41, 5.74) is 0. The molecular formula is C10H17F3N2. The number of halogens is 3. The molecule has 0 aliphatic carbocycles. The van der Waals surface area contributed by atoms with Crippen molar-refractivity contribution >= 4 is 0 Å². The van der Waals surface area contributed by atoms with Crippen molar-refractivity contribution in [2.75, 3.05) is 13.1 Å². The highest BCUT2D eigenvalue weighted by molar-refractivity contribution is 4.68. The highest BCUT2D eigenvalue weighted by Gasteiger charge is 2.25. The average Bonchev–Trinajstić information content (AvgIpc) is 2.14. The monoisotopic (exact) mass is 222 g/mol. The molecule has 0 bridgehead atoms. The van der Waals surface area contributed by atoms with Crippen LogP contribution in [0.2, 0.25) is 0 Å². The molecule has 0 radical (unpaired) electrons. The molecule has 0 unspecified atom stereocenters. The number of unbranched alkanes of at least 4 members (excludes halogenated alkanes) is 3. The molecule has 0 aromatic rings. The van der Waals surface area contributed by atoms with Gasteiger partial charge in [-0.25, -0.2) is 0 Å². The first-order chi connectivity index (χ1) is 7.06. The third-order valence-electron chi connectivity index (χ3n) is 1.96. The van der Waals surface area contributed by atoms with Crippen molar-refractivity contribution in [3.05, 3.63) is 0 Å². The molecule has 2 nitrogen and oxygen atoms in total.